The SMILES string of the molecule is CN(C)CCNc1ccc(NS(=O)(=O)c2cccs2)nc1. The summed E-state index contributed by atoms with van der Waals surface area (Å²) in [5, 5.41) is 4.94. The molecule has 0 atom stereocenters. The Hall–Kier alpha value is -1.64. The summed E-state index contributed by atoms with van der Waals surface area (Å²) >= 11 is 1.17. The summed E-state index contributed by atoms with van der Waals surface area (Å²) < 4.78 is 26.8. The molecule has 0 aromatic carbocycles. The van der Waals surface area contributed by atoms with Crippen LogP contribution in [0.4, 0.5) is 11.5 Å². The first-order chi connectivity index (χ1) is 9.97. The van der Waals surface area contributed by atoms with Crippen molar-refractivity contribution in [3.63, 3.8) is 0 Å². The zero-order valence-corrected chi connectivity index (χ0v) is 13.5. The molecule has 0 fully saturated rings. The molecule has 0 aliphatic heterocycles. The Kier molecular flexibility index (Phi) is 5.16. The van der Waals surface area contributed by atoms with Crippen LogP contribution in [0.25, 0.3) is 0 Å². The van der Waals surface area contributed by atoms with Gasteiger partial charge in [-0.3, -0.25) is 4.72 Å². The van der Waals surface area contributed by atoms with Crippen LogP contribution in [0.15, 0.2) is 40.1 Å². The lowest BCUT2D eigenvalue weighted by Crippen LogP contribution is -2.20. The number of hydrogen-bond donors (Lipinski definition) is 2. The third-order valence-corrected chi connectivity index (χ3v) is 5.40. The number of rotatable bonds is 7. The number of nitrogens with zero attached hydrogens (tertiary/aromatic N) is 2. The van der Waals surface area contributed by atoms with Gasteiger partial charge in [0, 0.05) is 13.1 Å². The molecule has 8 heteroatoms. The van der Waals surface area contributed by atoms with Gasteiger partial charge in [0.25, 0.3) is 10.0 Å². The van der Waals surface area contributed by atoms with Gasteiger partial charge in [0.1, 0.15) is 10.0 Å². The third kappa shape index (κ3) is 4.69. The first-order valence-electron chi connectivity index (χ1n) is 6.38. The maximum atomic E-state index is 12.0. The lowest BCUT2D eigenvalue weighted by molar-refractivity contribution is 0.425. The highest BCUT2D eigenvalue weighted by atomic mass is 32.2. The van der Waals surface area contributed by atoms with E-state index in [1.54, 1.807) is 35.8 Å². The van der Waals surface area contributed by atoms with Gasteiger partial charge in [-0.2, -0.15) is 0 Å². The number of sulfonamides is 1. The van der Waals surface area contributed by atoms with Crippen molar-refractivity contribution in [2.45, 2.75) is 4.21 Å². The lowest BCUT2D eigenvalue weighted by Gasteiger charge is -2.11. The topological polar surface area (TPSA) is 74.3 Å². The minimum absolute atomic E-state index is 0.275. The fourth-order valence-corrected chi connectivity index (χ4v) is 3.59. The zero-order chi connectivity index (χ0) is 15.3. The Labute approximate surface area is 128 Å². The van der Waals surface area contributed by atoms with E-state index in [1.165, 1.54) is 11.3 Å². The maximum Gasteiger partial charge on any atom is 0.272 e. The summed E-state index contributed by atoms with van der Waals surface area (Å²) in [6.45, 7) is 1.71. The maximum absolute atomic E-state index is 12.0. The zero-order valence-electron chi connectivity index (χ0n) is 11.9. The minimum atomic E-state index is -3.53. The molecule has 0 unspecified atom stereocenters. The normalized spacial score (nSPS) is 11.6. The molecule has 2 aromatic heterocycles. The molecule has 2 aromatic rings. The van der Waals surface area contributed by atoms with Gasteiger partial charge in [-0.05, 0) is 37.7 Å². The van der Waals surface area contributed by atoms with Gasteiger partial charge in [-0.1, -0.05) is 6.07 Å². The van der Waals surface area contributed by atoms with E-state index < -0.39 is 10.0 Å². The van der Waals surface area contributed by atoms with E-state index >= 15 is 0 Å². The Bertz CT molecular complexity index is 652. The van der Waals surface area contributed by atoms with E-state index in [9.17, 15) is 8.42 Å². The quantitative estimate of drug-likeness (QED) is 0.813. The molecule has 21 heavy (non-hydrogen) atoms. The molecule has 6 nitrogen and oxygen atoms in total. The highest BCUT2D eigenvalue weighted by Crippen LogP contribution is 2.19. The molecule has 2 rings (SSSR count). The summed E-state index contributed by atoms with van der Waals surface area (Å²) in [6.07, 6.45) is 1.61. The highest BCUT2D eigenvalue weighted by molar-refractivity contribution is 7.94. The van der Waals surface area contributed by atoms with Gasteiger partial charge in [-0.15, -0.1) is 11.3 Å². The molecular weight excluding hydrogens is 308 g/mol. The number of hydrogen-bond acceptors (Lipinski definition) is 6. The Balaban J connectivity index is 1.96. The molecule has 0 spiro atoms. The summed E-state index contributed by atoms with van der Waals surface area (Å²) in [5.41, 5.74) is 0.857. The van der Waals surface area contributed by atoms with Crippen LogP contribution in [0.1, 0.15) is 0 Å². The van der Waals surface area contributed by atoms with Crippen molar-refractivity contribution in [3.05, 3.63) is 35.8 Å². The van der Waals surface area contributed by atoms with Crippen molar-refractivity contribution in [2.75, 3.05) is 37.2 Å². The second kappa shape index (κ2) is 6.88. The average Bonchev–Trinajstić information content (AvgIpc) is 2.95. The Morgan fingerprint density at radius 1 is 1.29 bits per heavy atom. The van der Waals surface area contributed by atoms with Crippen LogP contribution >= 0.6 is 11.3 Å². The van der Waals surface area contributed by atoms with Crippen molar-refractivity contribution >= 4 is 32.9 Å². The van der Waals surface area contributed by atoms with Gasteiger partial charge in [0.05, 0.1) is 11.9 Å². The average molecular weight is 326 g/mol. The largest absolute Gasteiger partial charge is 0.383 e. The molecule has 2 N–H and O–H groups in total. The molecule has 0 aliphatic rings. The van der Waals surface area contributed by atoms with Crippen molar-refractivity contribution in [2.24, 2.45) is 0 Å². The van der Waals surface area contributed by atoms with E-state index in [-0.39, 0.29) is 4.21 Å². The second-order valence-corrected chi connectivity index (χ2v) is 7.56. The number of pyridine rings is 1. The molecule has 2 heterocycles. The van der Waals surface area contributed by atoms with Gasteiger partial charge < -0.3 is 10.2 Å². The monoisotopic (exact) mass is 326 g/mol. The van der Waals surface area contributed by atoms with E-state index in [0.717, 1.165) is 18.8 Å². The van der Waals surface area contributed by atoms with Crippen molar-refractivity contribution in [1.82, 2.24) is 9.88 Å². The Morgan fingerprint density at radius 3 is 2.67 bits per heavy atom. The van der Waals surface area contributed by atoms with Gasteiger partial charge in [-0.25, -0.2) is 13.4 Å². The summed E-state index contributed by atoms with van der Waals surface area (Å²) in [7, 11) is 0.473. The molecule has 0 radical (unpaired) electrons. The summed E-state index contributed by atoms with van der Waals surface area (Å²) in [6, 6.07) is 6.70. The van der Waals surface area contributed by atoms with Crippen molar-refractivity contribution < 1.29 is 8.42 Å². The summed E-state index contributed by atoms with van der Waals surface area (Å²) in [5.74, 6) is 0.307. The van der Waals surface area contributed by atoms with Crippen molar-refractivity contribution in [3.8, 4) is 0 Å². The lowest BCUT2D eigenvalue weighted by atomic mass is 10.4. The number of thiophene rings is 1. The summed E-state index contributed by atoms with van der Waals surface area (Å²) in [4.78, 5) is 6.18. The molecule has 0 aliphatic carbocycles. The van der Waals surface area contributed by atoms with E-state index in [4.69, 9.17) is 0 Å². The molecule has 114 valence electrons. The van der Waals surface area contributed by atoms with Crippen LogP contribution in [0.2, 0.25) is 0 Å². The van der Waals surface area contributed by atoms with Gasteiger partial charge in [0.2, 0.25) is 0 Å². The molecular formula is C13H18N4O2S2. The van der Waals surface area contributed by atoms with Crippen LogP contribution in [-0.2, 0) is 10.0 Å². The molecule has 0 amide bonds. The number of aromatic nitrogens is 1. The third-order valence-electron chi connectivity index (χ3n) is 2.65. The van der Waals surface area contributed by atoms with Gasteiger partial charge >= 0.3 is 0 Å². The standard InChI is InChI=1S/C13H18N4O2S2/c1-17(2)8-7-14-11-5-6-12(15-10-11)16-21(18,19)13-4-3-9-20-13/h3-6,9-10,14H,7-8H2,1-2H3,(H,15,16). The first-order valence-corrected chi connectivity index (χ1v) is 8.74. The van der Waals surface area contributed by atoms with Crippen LogP contribution in [0.3, 0.4) is 0 Å². The van der Waals surface area contributed by atoms with Gasteiger partial charge in [0.15, 0.2) is 0 Å². The van der Waals surface area contributed by atoms with Crippen LogP contribution in [-0.4, -0.2) is 45.5 Å². The molecule has 0 saturated heterocycles. The fraction of sp³-hybridized carbons (Fsp3) is 0.308. The molecule has 0 saturated carbocycles. The van der Waals surface area contributed by atoms with Crippen molar-refractivity contribution in [1.29, 1.82) is 0 Å². The van der Waals surface area contributed by atoms with Crippen LogP contribution in [0, 0.1) is 0 Å². The smallest absolute Gasteiger partial charge is 0.272 e. The van der Waals surface area contributed by atoms with E-state index in [2.05, 4.69) is 19.9 Å². The number of nitrogens with one attached hydrogen (secondary N) is 2. The number of anilines is 2. The fourth-order valence-electron chi connectivity index (χ4n) is 1.59. The molecule has 0 bridgehead atoms. The highest BCUT2D eigenvalue weighted by Gasteiger charge is 2.15. The van der Waals surface area contributed by atoms with Crippen LogP contribution < -0.4 is 10.0 Å². The Morgan fingerprint density at radius 2 is 2.10 bits per heavy atom. The van der Waals surface area contributed by atoms with Crippen LogP contribution in [0.5, 0.6) is 0 Å². The predicted molar refractivity (Wildman–Crippen MR) is 86.4 cm³/mol. The number of likely N-dealkylation sites (N-methyl/N-ethyl adjacent to an activating group) is 1. The van der Waals surface area contributed by atoms with E-state index in [0.29, 0.717) is 5.82 Å². The van der Waals surface area contributed by atoms with E-state index in [1.807, 2.05) is 14.1 Å². The first kappa shape index (κ1) is 15.7. The predicted octanol–water partition coefficient (Wildman–Crippen LogP) is 1.92. The second-order valence-electron chi connectivity index (χ2n) is 4.70. The minimum Gasteiger partial charge on any atom is -0.383 e.